The third kappa shape index (κ3) is 4.98. The molecule has 0 radical (unpaired) electrons. The first kappa shape index (κ1) is 13.0. The number of hydrogen-bond acceptors (Lipinski definition) is 2. The van der Waals surface area contributed by atoms with Crippen molar-refractivity contribution in [1.29, 1.82) is 0 Å². The van der Waals surface area contributed by atoms with Crippen LogP contribution < -0.4 is 5.73 Å². The molecule has 2 unspecified atom stereocenters. The van der Waals surface area contributed by atoms with Gasteiger partial charge < -0.3 is 10.5 Å². The molecular formula is C13H27NO. The molecule has 15 heavy (non-hydrogen) atoms. The van der Waals surface area contributed by atoms with E-state index in [4.69, 9.17) is 10.5 Å². The summed E-state index contributed by atoms with van der Waals surface area (Å²) in [6.07, 6.45) is 9.42. The van der Waals surface area contributed by atoms with Crippen molar-refractivity contribution in [3.05, 3.63) is 0 Å². The average Bonchev–Trinajstić information content (AvgIpc) is 2.45. The molecule has 1 aliphatic rings. The van der Waals surface area contributed by atoms with Gasteiger partial charge in [-0.3, -0.25) is 0 Å². The van der Waals surface area contributed by atoms with E-state index in [1.54, 1.807) is 7.11 Å². The third-order valence-corrected chi connectivity index (χ3v) is 3.63. The molecule has 0 aliphatic heterocycles. The Morgan fingerprint density at radius 3 is 2.33 bits per heavy atom. The molecular weight excluding hydrogens is 186 g/mol. The highest BCUT2D eigenvalue weighted by Crippen LogP contribution is 2.27. The summed E-state index contributed by atoms with van der Waals surface area (Å²) in [5, 5.41) is 0. The van der Waals surface area contributed by atoms with Gasteiger partial charge in [0.15, 0.2) is 0 Å². The largest absolute Gasteiger partial charge is 0.384 e. The lowest BCUT2D eigenvalue weighted by Gasteiger charge is -2.24. The number of rotatable bonds is 5. The predicted octanol–water partition coefficient (Wildman–Crippen LogP) is 2.96. The Hall–Kier alpha value is -0.0800. The van der Waals surface area contributed by atoms with E-state index < -0.39 is 0 Å². The van der Waals surface area contributed by atoms with Gasteiger partial charge in [0, 0.05) is 19.8 Å². The molecule has 1 saturated carbocycles. The van der Waals surface area contributed by atoms with Crippen LogP contribution in [0.3, 0.4) is 0 Å². The van der Waals surface area contributed by atoms with Crippen molar-refractivity contribution in [2.24, 2.45) is 17.6 Å². The van der Waals surface area contributed by atoms with Crippen molar-refractivity contribution >= 4 is 0 Å². The minimum Gasteiger partial charge on any atom is -0.384 e. The van der Waals surface area contributed by atoms with Gasteiger partial charge in [-0.25, -0.2) is 0 Å². The summed E-state index contributed by atoms with van der Waals surface area (Å²) >= 11 is 0. The van der Waals surface area contributed by atoms with E-state index in [0.29, 0.717) is 12.0 Å². The van der Waals surface area contributed by atoms with Crippen LogP contribution in [-0.2, 0) is 4.74 Å². The van der Waals surface area contributed by atoms with Gasteiger partial charge in [0.05, 0.1) is 0 Å². The Labute approximate surface area is 94.6 Å². The van der Waals surface area contributed by atoms with Crippen LogP contribution in [0.15, 0.2) is 0 Å². The van der Waals surface area contributed by atoms with Gasteiger partial charge in [-0.1, -0.05) is 32.6 Å². The second-order valence-corrected chi connectivity index (χ2v) is 5.21. The van der Waals surface area contributed by atoms with Crippen LogP contribution >= 0.6 is 0 Å². The molecule has 0 saturated heterocycles. The van der Waals surface area contributed by atoms with Gasteiger partial charge in [0.2, 0.25) is 0 Å². The van der Waals surface area contributed by atoms with Crippen LogP contribution in [0.4, 0.5) is 0 Å². The molecule has 0 aromatic carbocycles. The maximum absolute atomic E-state index is 6.29. The fourth-order valence-corrected chi connectivity index (χ4v) is 2.75. The van der Waals surface area contributed by atoms with E-state index >= 15 is 0 Å². The smallest absolute Gasteiger partial charge is 0.0488 e. The van der Waals surface area contributed by atoms with Crippen LogP contribution in [0.1, 0.15) is 51.9 Å². The fraction of sp³-hybridized carbons (Fsp3) is 1.00. The predicted molar refractivity (Wildman–Crippen MR) is 64.8 cm³/mol. The maximum atomic E-state index is 6.29. The molecule has 1 fully saturated rings. The SMILES string of the molecule is COCC(C)CC(N)C1CCCCCC1. The molecule has 2 nitrogen and oxygen atoms in total. The molecule has 0 amide bonds. The van der Waals surface area contributed by atoms with E-state index in [0.717, 1.165) is 18.9 Å². The zero-order valence-electron chi connectivity index (χ0n) is 10.4. The van der Waals surface area contributed by atoms with Crippen molar-refractivity contribution < 1.29 is 4.74 Å². The number of methoxy groups -OCH3 is 1. The summed E-state index contributed by atoms with van der Waals surface area (Å²) in [6.45, 7) is 3.08. The van der Waals surface area contributed by atoms with Crippen LogP contribution in [0.25, 0.3) is 0 Å². The molecule has 0 spiro atoms. The molecule has 1 aliphatic carbocycles. The normalized spacial score (nSPS) is 23.4. The summed E-state index contributed by atoms with van der Waals surface area (Å²) in [7, 11) is 1.77. The first-order valence-electron chi connectivity index (χ1n) is 6.48. The molecule has 0 aromatic rings. The highest BCUT2D eigenvalue weighted by molar-refractivity contribution is 4.77. The fourth-order valence-electron chi connectivity index (χ4n) is 2.75. The van der Waals surface area contributed by atoms with Gasteiger partial charge in [-0.2, -0.15) is 0 Å². The van der Waals surface area contributed by atoms with E-state index in [-0.39, 0.29) is 0 Å². The summed E-state index contributed by atoms with van der Waals surface area (Å²) < 4.78 is 5.16. The molecule has 2 heteroatoms. The van der Waals surface area contributed by atoms with Crippen molar-refractivity contribution in [2.45, 2.75) is 57.9 Å². The maximum Gasteiger partial charge on any atom is 0.0488 e. The lowest BCUT2D eigenvalue weighted by molar-refractivity contribution is 0.146. The second kappa shape index (κ2) is 7.24. The highest BCUT2D eigenvalue weighted by atomic mass is 16.5. The number of hydrogen-bond donors (Lipinski definition) is 1. The minimum absolute atomic E-state index is 0.397. The minimum atomic E-state index is 0.397. The topological polar surface area (TPSA) is 35.2 Å². The standard InChI is InChI=1S/C13H27NO/c1-11(10-15-2)9-13(14)12-7-5-3-4-6-8-12/h11-13H,3-10,14H2,1-2H3. The van der Waals surface area contributed by atoms with E-state index in [1.165, 1.54) is 38.5 Å². The molecule has 1 rings (SSSR count). The van der Waals surface area contributed by atoms with E-state index in [9.17, 15) is 0 Å². The Balaban J connectivity index is 2.27. The zero-order valence-corrected chi connectivity index (χ0v) is 10.4. The lowest BCUT2D eigenvalue weighted by Crippen LogP contribution is -2.32. The molecule has 90 valence electrons. The average molecular weight is 213 g/mol. The molecule has 0 heterocycles. The van der Waals surface area contributed by atoms with Gasteiger partial charge in [-0.05, 0) is 31.1 Å². The Morgan fingerprint density at radius 2 is 1.80 bits per heavy atom. The Morgan fingerprint density at radius 1 is 1.20 bits per heavy atom. The summed E-state index contributed by atoms with van der Waals surface area (Å²) in [6, 6.07) is 0.397. The van der Waals surface area contributed by atoms with Crippen molar-refractivity contribution in [3.8, 4) is 0 Å². The van der Waals surface area contributed by atoms with Crippen LogP contribution in [0, 0.1) is 11.8 Å². The van der Waals surface area contributed by atoms with Gasteiger partial charge in [0.25, 0.3) is 0 Å². The van der Waals surface area contributed by atoms with Crippen LogP contribution in [-0.4, -0.2) is 19.8 Å². The first-order valence-corrected chi connectivity index (χ1v) is 6.48. The summed E-state index contributed by atoms with van der Waals surface area (Å²) in [4.78, 5) is 0. The molecule has 2 N–H and O–H groups in total. The zero-order chi connectivity index (χ0) is 11.1. The van der Waals surface area contributed by atoms with Gasteiger partial charge in [-0.15, -0.1) is 0 Å². The van der Waals surface area contributed by atoms with Gasteiger partial charge >= 0.3 is 0 Å². The molecule has 2 atom stereocenters. The summed E-state index contributed by atoms with van der Waals surface area (Å²) in [5.41, 5.74) is 6.29. The van der Waals surface area contributed by atoms with Crippen LogP contribution in [0.5, 0.6) is 0 Å². The Bertz CT molecular complexity index is 153. The van der Waals surface area contributed by atoms with E-state index in [1.807, 2.05) is 0 Å². The quantitative estimate of drug-likeness (QED) is 0.713. The van der Waals surface area contributed by atoms with Crippen LogP contribution in [0.2, 0.25) is 0 Å². The second-order valence-electron chi connectivity index (χ2n) is 5.21. The summed E-state index contributed by atoms with van der Waals surface area (Å²) in [5.74, 6) is 1.38. The number of ether oxygens (including phenoxy) is 1. The lowest BCUT2D eigenvalue weighted by atomic mass is 9.87. The Kier molecular flexibility index (Phi) is 6.26. The first-order chi connectivity index (χ1) is 7.24. The highest BCUT2D eigenvalue weighted by Gasteiger charge is 2.20. The monoisotopic (exact) mass is 213 g/mol. The molecule has 0 bridgehead atoms. The number of nitrogens with two attached hydrogens (primary N) is 1. The van der Waals surface area contributed by atoms with E-state index in [2.05, 4.69) is 6.92 Å². The van der Waals surface area contributed by atoms with Gasteiger partial charge in [0.1, 0.15) is 0 Å². The molecule has 0 aromatic heterocycles. The van der Waals surface area contributed by atoms with Crippen molar-refractivity contribution in [2.75, 3.05) is 13.7 Å². The third-order valence-electron chi connectivity index (χ3n) is 3.63. The van der Waals surface area contributed by atoms with Crippen molar-refractivity contribution in [3.63, 3.8) is 0 Å². The van der Waals surface area contributed by atoms with Crippen molar-refractivity contribution in [1.82, 2.24) is 0 Å².